The summed E-state index contributed by atoms with van der Waals surface area (Å²) in [5.41, 5.74) is 5.15. The normalized spacial score (nSPS) is 19.4. The molecule has 2 N–H and O–H groups in total. The molecular weight excluding hydrogens is 741 g/mol. The van der Waals surface area contributed by atoms with Crippen LogP contribution in [-0.2, 0) is 38.8 Å². The first-order valence-corrected chi connectivity index (χ1v) is 19.2. The first-order chi connectivity index (χ1) is 28.4. The summed E-state index contributed by atoms with van der Waals surface area (Å²) in [6, 6.07) is 38.2. The quantitative estimate of drug-likeness (QED) is 0.127. The lowest BCUT2D eigenvalue weighted by atomic mass is 9.96. The third-order valence-electron chi connectivity index (χ3n) is 11.1. The number of nitrogens with zero attached hydrogens (tertiary/aromatic N) is 1. The summed E-state index contributed by atoms with van der Waals surface area (Å²) in [5, 5.41) is 4.02. The summed E-state index contributed by atoms with van der Waals surface area (Å²) < 4.78 is 59.3. The minimum Gasteiger partial charge on any atom is -0.374 e. The fraction of sp³-hybridized carbons (Fsp3) is 0.191. The molecule has 0 bridgehead atoms. The summed E-state index contributed by atoms with van der Waals surface area (Å²) in [4.78, 5) is 30.9. The van der Waals surface area contributed by atoms with Crippen molar-refractivity contribution >= 4 is 55.4 Å². The number of aromatic nitrogens is 2. The number of benzene rings is 6. The molecule has 4 unspecified atom stereocenters. The van der Waals surface area contributed by atoms with Gasteiger partial charge in [-0.3, -0.25) is 14.9 Å². The molecule has 0 saturated carbocycles. The van der Waals surface area contributed by atoms with Crippen LogP contribution >= 0.6 is 0 Å². The molecule has 2 aromatic heterocycles. The van der Waals surface area contributed by atoms with Gasteiger partial charge < -0.3 is 28.5 Å². The van der Waals surface area contributed by atoms with Crippen LogP contribution in [0.4, 0.5) is 8.78 Å². The number of halogens is 2. The third kappa shape index (κ3) is 6.42. The number of amides is 2. The topological polar surface area (TPSA) is 104 Å². The summed E-state index contributed by atoms with van der Waals surface area (Å²) in [7, 11) is 0. The Morgan fingerprint density at radius 2 is 1.26 bits per heavy atom. The standard InChI is InChI=1S/C47H37F2N3O6/c48-30-16-18-35-33(20-30)38-40-41(46(54)51-45(40)53)39-34-21-31(49)17-19-36(34)52(43(39)42(38)50-35)47-44(57-25-29-14-8-3-9-15-29)37(56-24-28-12-6-2-7-13-28)22-32(58-47)26-55-23-27-10-4-1-5-11-27/h1-21,32,37,44,47,50H,22-26H2,(H,51,53,54). The number of hydrogen-bond acceptors (Lipinski definition) is 6. The lowest BCUT2D eigenvalue weighted by Crippen LogP contribution is -2.49. The molecule has 0 spiro atoms. The zero-order valence-corrected chi connectivity index (χ0v) is 31.1. The maximum atomic E-state index is 15.4. The van der Waals surface area contributed by atoms with E-state index in [-0.39, 0.29) is 24.3 Å². The molecule has 8 aromatic rings. The van der Waals surface area contributed by atoms with Crippen molar-refractivity contribution in [3.8, 4) is 0 Å². The first-order valence-electron chi connectivity index (χ1n) is 19.2. The van der Waals surface area contributed by atoms with E-state index in [0.29, 0.717) is 63.2 Å². The van der Waals surface area contributed by atoms with E-state index in [1.165, 1.54) is 24.3 Å². The van der Waals surface area contributed by atoms with Gasteiger partial charge in [0.1, 0.15) is 17.7 Å². The van der Waals surface area contributed by atoms with Crippen LogP contribution in [0, 0.1) is 11.6 Å². The van der Waals surface area contributed by atoms with Crippen LogP contribution in [0.3, 0.4) is 0 Å². The molecule has 2 aliphatic heterocycles. The van der Waals surface area contributed by atoms with Crippen LogP contribution in [0.1, 0.15) is 50.1 Å². The van der Waals surface area contributed by atoms with Gasteiger partial charge in [-0.15, -0.1) is 0 Å². The molecule has 11 heteroatoms. The van der Waals surface area contributed by atoms with Gasteiger partial charge in [-0.05, 0) is 53.1 Å². The number of imide groups is 1. The molecule has 2 aliphatic rings. The first kappa shape index (κ1) is 36.1. The fourth-order valence-electron chi connectivity index (χ4n) is 8.58. The zero-order chi connectivity index (χ0) is 39.3. The van der Waals surface area contributed by atoms with E-state index in [0.717, 1.165) is 16.7 Å². The van der Waals surface area contributed by atoms with E-state index in [1.807, 2.05) is 95.6 Å². The van der Waals surface area contributed by atoms with Crippen LogP contribution < -0.4 is 5.32 Å². The van der Waals surface area contributed by atoms with Crippen molar-refractivity contribution < 1.29 is 37.3 Å². The largest absolute Gasteiger partial charge is 0.374 e. The van der Waals surface area contributed by atoms with E-state index in [4.69, 9.17) is 18.9 Å². The highest BCUT2D eigenvalue weighted by Crippen LogP contribution is 2.47. The number of fused-ring (bicyclic) bond motifs is 10. The number of carbonyl (C=O) groups excluding carboxylic acids is 2. The Hall–Kier alpha value is -6.24. The maximum absolute atomic E-state index is 15.4. The van der Waals surface area contributed by atoms with Crippen molar-refractivity contribution in [2.75, 3.05) is 6.61 Å². The predicted molar refractivity (Wildman–Crippen MR) is 215 cm³/mol. The molecule has 9 nitrogen and oxygen atoms in total. The van der Waals surface area contributed by atoms with E-state index in [1.54, 1.807) is 12.1 Å². The van der Waals surface area contributed by atoms with Gasteiger partial charge >= 0.3 is 0 Å². The van der Waals surface area contributed by atoms with Gasteiger partial charge in [-0.2, -0.15) is 0 Å². The van der Waals surface area contributed by atoms with Crippen molar-refractivity contribution in [1.29, 1.82) is 0 Å². The SMILES string of the molecule is O=C1NC(=O)c2c1c1c3cc(F)ccc3[nH]c1c1c2c2cc(F)ccc2n1C1OC(COCc2ccccc2)CC(OCc2ccccc2)C1OCc1ccccc1. The van der Waals surface area contributed by atoms with Crippen LogP contribution in [0.15, 0.2) is 127 Å². The molecule has 4 atom stereocenters. The van der Waals surface area contributed by atoms with Crippen molar-refractivity contribution in [2.24, 2.45) is 0 Å². The Morgan fingerprint density at radius 3 is 1.93 bits per heavy atom. The second kappa shape index (κ2) is 14.9. The molecule has 58 heavy (non-hydrogen) atoms. The molecule has 1 saturated heterocycles. The molecular formula is C47H37F2N3O6. The van der Waals surface area contributed by atoms with E-state index >= 15 is 4.39 Å². The molecule has 0 aliphatic carbocycles. The Kier molecular flexibility index (Phi) is 9.30. The number of rotatable bonds is 11. The van der Waals surface area contributed by atoms with E-state index < -0.39 is 48.0 Å². The molecule has 4 heterocycles. The van der Waals surface area contributed by atoms with Crippen molar-refractivity contribution in [1.82, 2.24) is 14.9 Å². The van der Waals surface area contributed by atoms with Crippen molar-refractivity contribution in [2.45, 2.75) is 50.8 Å². The Morgan fingerprint density at radius 1 is 0.672 bits per heavy atom. The van der Waals surface area contributed by atoms with Gasteiger partial charge in [0.15, 0.2) is 6.23 Å². The molecule has 6 aromatic carbocycles. The van der Waals surface area contributed by atoms with Crippen LogP contribution in [0.25, 0.3) is 43.6 Å². The average molecular weight is 778 g/mol. The summed E-state index contributed by atoms with van der Waals surface area (Å²) in [6.45, 7) is 1.12. The maximum Gasteiger partial charge on any atom is 0.259 e. The number of nitrogens with one attached hydrogen (secondary N) is 2. The van der Waals surface area contributed by atoms with Gasteiger partial charge in [0.2, 0.25) is 0 Å². The number of hydrogen-bond donors (Lipinski definition) is 2. The van der Waals surface area contributed by atoms with Gasteiger partial charge in [0.05, 0.1) is 66.3 Å². The molecule has 0 radical (unpaired) electrons. The second-order valence-electron chi connectivity index (χ2n) is 14.8. The monoisotopic (exact) mass is 777 g/mol. The van der Waals surface area contributed by atoms with Crippen LogP contribution in [0.5, 0.6) is 0 Å². The number of H-pyrrole nitrogens is 1. The van der Waals surface area contributed by atoms with Gasteiger partial charge in [0, 0.05) is 33.5 Å². The predicted octanol–water partition coefficient (Wildman–Crippen LogP) is 9.27. The third-order valence-corrected chi connectivity index (χ3v) is 11.1. The second-order valence-corrected chi connectivity index (χ2v) is 14.8. The Labute approximate surface area is 331 Å². The number of carbonyl (C=O) groups is 2. The van der Waals surface area contributed by atoms with Gasteiger partial charge in [-0.25, -0.2) is 8.78 Å². The molecule has 10 rings (SSSR count). The summed E-state index contributed by atoms with van der Waals surface area (Å²) in [5.74, 6) is -2.27. The van der Waals surface area contributed by atoms with Gasteiger partial charge in [-0.1, -0.05) is 91.0 Å². The minimum absolute atomic E-state index is 0.0872. The van der Waals surface area contributed by atoms with Crippen molar-refractivity contribution in [3.05, 3.63) is 167 Å². The zero-order valence-electron chi connectivity index (χ0n) is 31.1. The van der Waals surface area contributed by atoms with E-state index in [9.17, 15) is 14.0 Å². The number of ether oxygens (including phenoxy) is 4. The highest BCUT2D eigenvalue weighted by atomic mass is 19.1. The lowest BCUT2D eigenvalue weighted by molar-refractivity contribution is -0.238. The average Bonchev–Trinajstić information content (AvgIpc) is 3.88. The highest BCUT2D eigenvalue weighted by Gasteiger charge is 2.44. The summed E-state index contributed by atoms with van der Waals surface area (Å²) in [6.07, 6.45) is -2.29. The number of aromatic amines is 1. The fourth-order valence-corrected chi connectivity index (χ4v) is 8.58. The van der Waals surface area contributed by atoms with Gasteiger partial charge in [0.25, 0.3) is 11.8 Å². The highest BCUT2D eigenvalue weighted by molar-refractivity contribution is 6.39. The van der Waals surface area contributed by atoms with Crippen LogP contribution in [-0.4, -0.2) is 46.3 Å². The molecule has 290 valence electrons. The van der Waals surface area contributed by atoms with E-state index in [2.05, 4.69) is 10.3 Å². The minimum atomic E-state index is -0.932. The molecule has 1 fully saturated rings. The lowest BCUT2D eigenvalue weighted by Gasteiger charge is -2.42. The van der Waals surface area contributed by atoms with Crippen molar-refractivity contribution in [3.63, 3.8) is 0 Å². The Bertz CT molecular complexity index is 2840. The van der Waals surface area contributed by atoms with Crippen LogP contribution in [0.2, 0.25) is 0 Å². The molecule has 2 amide bonds. The summed E-state index contributed by atoms with van der Waals surface area (Å²) >= 11 is 0. The smallest absolute Gasteiger partial charge is 0.259 e. The Balaban J connectivity index is 1.19.